The zero-order chi connectivity index (χ0) is 36.6. The molecule has 12 nitrogen and oxygen atoms in total. The van der Waals surface area contributed by atoms with Gasteiger partial charge in [0.1, 0.15) is 17.0 Å². The maximum Gasteiger partial charge on any atom is 0.410 e. The number of hydrogen-bond donors (Lipinski definition) is 2. The van der Waals surface area contributed by atoms with Crippen molar-refractivity contribution in [1.29, 1.82) is 0 Å². The zero-order valence-corrected chi connectivity index (χ0v) is 31.2. The molecule has 2 aromatic rings. The maximum absolute atomic E-state index is 13.7. The standard InChI is InChI=1S/C36H48ClN3O9S/c1-34(2,3)49-33(44)39(6)16-17-48-35(4,5)32(43)38-50(45,46)26-11-14-30-29(19-26)40(20-24-9-12-27(24)31(41)42)21-36(22-47-30)15-7-8-23-18-25(37)10-13-28(23)36/h10-11,13-14,18-19,24,27H,7-9,12,15-17,20-22H2,1-6H3,(H,38,43)(H,41,42)/t24-,27+,36-/m0/s1. The number of fused-ring (bicyclic) bond motifs is 3. The Bertz CT molecular complexity index is 1740. The van der Waals surface area contributed by atoms with Gasteiger partial charge < -0.3 is 29.1 Å². The topological polar surface area (TPSA) is 152 Å². The number of benzene rings is 2. The molecule has 0 saturated heterocycles. The molecule has 0 aromatic heterocycles. The molecular formula is C36H48ClN3O9S. The summed E-state index contributed by atoms with van der Waals surface area (Å²) >= 11 is 6.36. The van der Waals surface area contributed by atoms with Crippen LogP contribution in [0, 0.1) is 11.8 Å². The quantitative estimate of drug-likeness (QED) is 0.325. The van der Waals surface area contributed by atoms with Crippen molar-refractivity contribution in [2.75, 3.05) is 44.8 Å². The summed E-state index contributed by atoms with van der Waals surface area (Å²) in [5.74, 6) is -1.82. The van der Waals surface area contributed by atoms with E-state index in [1.54, 1.807) is 26.8 Å². The minimum atomic E-state index is -4.37. The number of sulfonamides is 1. The van der Waals surface area contributed by atoms with Crippen molar-refractivity contribution in [3.8, 4) is 5.75 Å². The van der Waals surface area contributed by atoms with Gasteiger partial charge in [0.25, 0.3) is 15.9 Å². The van der Waals surface area contributed by atoms with Crippen molar-refractivity contribution in [2.24, 2.45) is 11.8 Å². The number of anilines is 1. The number of carboxylic acid groups (broad SMARTS) is 1. The highest BCUT2D eigenvalue weighted by molar-refractivity contribution is 7.90. The number of rotatable bonds is 10. The normalized spacial score (nSPS) is 21.9. The van der Waals surface area contributed by atoms with Crippen LogP contribution in [0.15, 0.2) is 41.3 Å². The lowest BCUT2D eigenvalue weighted by atomic mass is 9.69. The Labute approximate surface area is 299 Å². The highest BCUT2D eigenvalue weighted by Gasteiger charge is 2.45. The van der Waals surface area contributed by atoms with E-state index in [0.29, 0.717) is 42.6 Å². The Kier molecular flexibility index (Phi) is 10.7. The Morgan fingerprint density at radius 2 is 1.86 bits per heavy atom. The highest BCUT2D eigenvalue weighted by atomic mass is 35.5. The minimum Gasteiger partial charge on any atom is -0.490 e. The van der Waals surface area contributed by atoms with Crippen LogP contribution in [0.5, 0.6) is 5.75 Å². The summed E-state index contributed by atoms with van der Waals surface area (Å²) in [7, 11) is -2.83. The summed E-state index contributed by atoms with van der Waals surface area (Å²) < 4.78 is 47.0. The van der Waals surface area contributed by atoms with Crippen molar-refractivity contribution in [2.45, 2.75) is 88.2 Å². The van der Waals surface area contributed by atoms with E-state index in [-0.39, 0.29) is 24.0 Å². The van der Waals surface area contributed by atoms with Crippen molar-refractivity contribution in [3.63, 3.8) is 0 Å². The molecule has 5 rings (SSSR count). The molecular weight excluding hydrogens is 686 g/mol. The van der Waals surface area contributed by atoms with E-state index in [1.165, 1.54) is 37.9 Å². The lowest BCUT2D eigenvalue weighted by Crippen LogP contribution is -2.49. The lowest BCUT2D eigenvalue weighted by Gasteiger charge is -2.43. The number of likely N-dealkylation sites (N-methyl/N-ethyl adjacent to an activating group) is 1. The third-order valence-corrected chi connectivity index (χ3v) is 11.4. The summed E-state index contributed by atoms with van der Waals surface area (Å²) in [4.78, 5) is 40.8. The predicted octanol–water partition coefficient (Wildman–Crippen LogP) is 5.39. The van der Waals surface area contributed by atoms with E-state index in [1.807, 2.05) is 18.2 Å². The van der Waals surface area contributed by atoms with E-state index < -0.39 is 50.5 Å². The number of carboxylic acids is 1. The Morgan fingerprint density at radius 3 is 2.52 bits per heavy atom. The first kappa shape index (κ1) is 37.7. The summed E-state index contributed by atoms with van der Waals surface area (Å²) in [6, 6.07) is 10.4. The highest BCUT2D eigenvalue weighted by Crippen LogP contribution is 2.46. The van der Waals surface area contributed by atoms with Gasteiger partial charge in [-0.05, 0) is 114 Å². The monoisotopic (exact) mass is 733 g/mol. The number of nitrogens with zero attached hydrogens (tertiary/aromatic N) is 2. The molecule has 2 amide bonds. The molecule has 274 valence electrons. The summed E-state index contributed by atoms with van der Waals surface area (Å²) in [6.45, 7) is 9.48. The molecule has 1 saturated carbocycles. The second kappa shape index (κ2) is 14.2. The summed E-state index contributed by atoms with van der Waals surface area (Å²) in [6.07, 6.45) is 3.44. The number of halogens is 1. The van der Waals surface area contributed by atoms with Crippen LogP contribution in [-0.4, -0.2) is 87.5 Å². The fourth-order valence-electron chi connectivity index (χ4n) is 6.90. The van der Waals surface area contributed by atoms with Crippen LogP contribution < -0.4 is 14.4 Å². The van der Waals surface area contributed by atoms with Gasteiger partial charge in [0.05, 0.1) is 29.7 Å². The molecule has 2 N–H and O–H groups in total. The fraction of sp³-hybridized carbons (Fsp3) is 0.583. The molecule has 14 heteroatoms. The van der Waals surface area contributed by atoms with Crippen molar-refractivity contribution >= 4 is 45.3 Å². The Hall–Kier alpha value is -3.55. The number of carbonyl (C=O) groups excluding carboxylic acids is 2. The average molecular weight is 734 g/mol. The first-order valence-electron chi connectivity index (χ1n) is 17.0. The van der Waals surface area contributed by atoms with E-state index >= 15 is 0 Å². The fourth-order valence-corrected chi connectivity index (χ4v) is 8.21. The summed E-state index contributed by atoms with van der Waals surface area (Å²) in [5.41, 5.74) is 0.157. The van der Waals surface area contributed by atoms with Gasteiger partial charge in [-0.15, -0.1) is 0 Å². The van der Waals surface area contributed by atoms with Gasteiger partial charge in [-0.3, -0.25) is 9.59 Å². The molecule has 2 aliphatic carbocycles. The largest absolute Gasteiger partial charge is 0.490 e. The van der Waals surface area contributed by atoms with Gasteiger partial charge in [0, 0.05) is 37.1 Å². The molecule has 50 heavy (non-hydrogen) atoms. The van der Waals surface area contributed by atoms with E-state index in [0.717, 1.165) is 36.8 Å². The number of nitrogens with one attached hydrogen (secondary N) is 1. The smallest absolute Gasteiger partial charge is 0.410 e. The number of aryl methyl sites for hydroxylation is 1. The third kappa shape index (κ3) is 8.32. The average Bonchev–Trinajstić information content (AvgIpc) is 3.14. The molecule has 0 bridgehead atoms. The van der Waals surface area contributed by atoms with Crippen LogP contribution in [-0.2, 0) is 40.9 Å². The second-order valence-corrected chi connectivity index (χ2v) is 17.3. The van der Waals surface area contributed by atoms with E-state index in [4.69, 9.17) is 25.8 Å². The maximum atomic E-state index is 13.7. The molecule has 1 aliphatic heterocycles. The van der Waals surface area contributed by atoms with Crippen molar-refractivity contribution < 1.29 is 42.1 Å². The SMILES string of the molecule is CN(CCOC(C)(C)C(=O)NS(=O)(=O)c1ccc2c(c1)N(C[C@@H]1CC[C@H]1C(=O)O)C[C@@]1(CCCc3cc(Cl)ccc31)CO2)C(=O)OC(C)(C)C. The number of amides is 2. The molecule has 0 radical (unpaired) electrons. The number of ether oxygens (including phenoxy) is 3. The van der Waals surface area contributed by atoms with Crippen LogP contribution in [0.1, 0.15) is 71.4 Å². The van der Waals surface area contributed by atoms with Gasteiger partial charge in [0.15, 0.2) is 0 Å². The summed E-state index contributed by atoms with van der Waals surface area (Å²) in [5, 5.41) is 10.5. The number of hydrogen-bond acceptors (Lipinski definition) is 9. The predicted molar refractivity (Wildman–Crippen MR) is 188 cm³/mol. The van der Waals surface area contributed by atoms with E-state index in [2.05, 4.69) is 9.62 Å². The van der Waals surface area contributed by atoms with Crippen LogP contribution in [0.2, 0.25) is 5.02 Å². The van der Waals surface area contributed by atoms with Crippen LogP contribution in [0.3, 0.4) is 0 Å². The molecule has 3 atom stereocenters. The van der Waals surface area contributed by atoms with Crippen molar-refractivity contribution in [3.05, 3.63) is 52.5 Å². The molecule has 1 heterocycles. The van der Waals surface area contributed by atoms with E-state index in [9.17, 15) is 27.9 Å². The Morgan fingerprint density at radius 1 is 1.12 bits per heavy atom. The van der Waals surface area contributed by atoms with Gasteiger partial charge in [0.2, 0.25) is 0 Å². The third-order valence-electron chi connectivity index (χ3n) is 9.88. The van der Waals surface area contributed by atoms with Crippen LogP contribution >= 0.6 is 11.6 Å². The Balaban J connectivity index is 1.36. The molecule has 3 aliphatic rings. The lowest BCUT2D eigenvalue weighted by molar-refractivity contribution is -0.147. The second-order valence-electron chi connectivity index (χ2n) is 15.2. The van der Waals surface area contributed by atoms with Gasteiger partial charge in [-0.25, -0.2) is 17.9 Å². The molecule has 0 unspecified atom stereocenters. The zero-order valence-electron chi connectivity index (χ0n) is 29.6. The van der Waals surface area contributed by atoms with Crippen molar-refractivity contribution in [1.82, 2.24) is 9.62 Å². The molecule has 2 aromatic carbocycles. The van der Waals surface area contributed by atoms with Gasteiger partial charge in [-0.1, -0.05) is 17.7 Å². The minimum absolute atomic E-state index is 0.0447. The number of carbonyl (C=O) groups is 3. The first-order chi connectivity index (χ1) is 23.3. The van der Waals surface area contributed by atoms with Crippen LogP contribution in [0.25, 0.3) is 0 Å². The van der Waals surface area contributed by atoms with Crippen LogP contribution in [0.4, 0.5) is 10.5 Å². The van der Waals surface area contributed by atoms with Gasteiger partial charge in [-0.2, -0.15) is 0 Å². The molecule has 1 fully saturated rings. The van der Waals surface area contributed by atoms with Gasteiger partial charge >= 0.3 is 12.1 Å². The molecule has 1 spiro atoms. The first-order valence-corrected chi connectivity index (χ1v) is 18.9. The number of aliphatic carboxylic acids is 1.